The van der Waals surface area contributed by atoms with Crippen molar-refractivity contribution in [2.24, 2.45) is 7.05 Å². The van der Waals surface area contributed by atoms with Crippen molar-refractivity contribution >= 4 is 10.0 Å². The topological polar surface area (TPSA) is 68.1 Å². The molecule has 3 heterocycles. The van der Waals surface area contributed by atoms with E-state index in [1.807, 2.05) is 24.3 Å². The van der Waals surface area contributed by atoms with Crippen LogP contribution < -0.4 is 0 Å². The van der Waals surface area contributed by atoms with Crippen molar-refractivity contribution in [3.05, 3.63) is 65.9 Å². The molecule has 0 radical (unpaired) electrons. The van der Waals surface area contributed by atoms with Crippen molar-refractivity contribution < 1.29 is 12.8 Å². The fourth-order valence-electron chi connectivity index (χ4n) is 3.86. The molecule has 0 amide bonds. The van der Waals surface area contributed by atoms with Crippen molar-refractivity contribution in [3.63, 3.8) is 0 Å². The molecule has 0 aliphatic carbocycles. The van der Waals surface area contributed by atoms with E-state index in [1.54, 1.807) is 26.2 Å². The quantitative estimate of drug-likeness (QED) is 0.655. The third-order valence-corrected chi connectivity index (χ3v) is 7.25. The van der Waals surface area contributed by atoms with Crippen LogP contribution >= 0.6 is 0 Å². The Morgan fingerprint density at radius 1 is 1.17 bits per heavy atom. The van der Waals surface area contributed by atoms with Crippen LogP contribution in [0.15, 0.2) is 53.6 Å². The molecule has 0 saturated carbocycles. The summed E-state index contributed by atoms with van der Waals surface area (Å²) in [5.74, 6) is -0.319. The van der Waals surface area contributed by atoms with Crippen LogP contribution in [-0.2, 0) is 17.1 Å². The van der Waals surface area contributed by atoms with E-state index in [2.05, 4.69) is 5.10 Å². The number of rotatable bonds is 4. The first kappa shape index (κ1) is 19.7. The second-order valence-corrected chi connectivity index (χ2v) is 9.32. The number of aryl methyl sites for hydroxylation is 2. The summed E-state index contributed by atoms with van der Waals surface area (Å²) < 4.78 is 42.9. The van der Waals surface area contributed by atoms with Gasteiger partial charge in [0.05, 0.1) is 11.4 Å². The molecule has 8 heteroatoms. The lowest BCUT2D eigenvalue weighted by molar-refractivity contribution is 0.312. The number of hydrogen-bond donors (Lipinski definition) is 0. The molecule has 6 nitrogen and oxygen atoms in total. The van der Waals surface area contributed by atoms with E-state index in [1.165, 1.54) is 21.1 Å². The maximum atomic E-state index is 13.6. The number of aromatic nitrogens is 3. The summed E-state index contributed by atoms with van der Waals surface area (Å²) in [6.45, 7) is 2.56. The Kier molecular flexibility index (Phi) is 5.23. The van der Waals surface area contributed by atoms with Gasteiger partial charge >= 0.3 is 0 Å². The van der Waals surface area contributed by atoms with Crippen LogP contribution in [0.2, 0.25) is 0 Å². The van der Waals surface area contributed by atoms with Crippen LogP contribution in [0.25, 0.3) is 11.3 Å². The molecule has 1 fully saturated rings. The molecule has 152 valence electrons. The molecule has 0 spiro atoms. The zero-order valence-electron chi connectivity index (χ0n) is 16.4. The predicted molar refractivity (Wildman–Crippen MR) is 108 cm³/mol. The molecule has 2 aromatic heterocycles. The molecule has 1 atom stereocenters. The Hall–Kier alpha value is -2.58. The highest BCUT2D eigenvalue weighted by atomic mass is 32.2. The third-order valence-electron chi connectivity index (χ3n) is 5.28. The number of halogens is 1. The summed E-state index contributed by atoms with van der Waals surface area (Å²) in [6.07, 6.45) is 3.17. The van der Waals surface area contributed by atoms with E-state index in [9.17, 15) is 12.8 Å². The van der Waals surface area contributed by atoms with Crippen LogP contribution in [0.4, 0.5) is 4.39 Å². The number of sulfonamides is 1. The van der Waals surface area contributed by atoms with E-state index < -0.39 is 10.0 Å². The van der Waals surface area contributed by atoms with Gasteiger partial charge in [-0.25, -0.2) is 12.8 Å². The highest BCUT2D eigenvalue weighted by Crippen LogP contribution is 2.31. The number of nitrogens with zero attached hydrogens (tertiary/aromatic N) is 4. The maximum Gasteiger partial charge on any atom is 0.246 e. The van der Waals surface area contributed by atoms with E-state index in [0.717, 1.165) is 18.5 Å². The number of pyridine rings is 1. The molecular formula is C21H23FN4O2S. The monoisotopic (exact) mass is 414 g/mol. The van der Waals surface area contributed by atoms with Gasteiger partial charge in [-0.3, -0.25) is 9.67 Å². The lowest BCUT2D eigenvalue weighted by Gasteiger charge is -2.31. The fourth-order valence-corrected chi connectivity index (χ4v) is 5.58. The zero-order valence-corrected chi connectivity index (χ0v) is 17.2. The molecule has 3 aromatic rings. The lowest BCUT2D eigenvalue weighted by atomic mass is 9.95. The minimum atomic E-state index is -3.61. The summed E-state index contributed by atoms with van der Waals surface area (Å²) in [5.41, 5.74) is 2.72. The number of benzene rings is 1. The molecule has 1 aliphatic heterocycles. The Morgan fingerprint density at radius 2 is 1.97 bits per heavy atom. The molecule has 1 aliphatic rings. The first-order valence-electron chi connectivity index (χ1n) is 9.58. The predicted octanol–water partition coefficient (Wildman–Crippen LogP) is 3.50. The molecule has 1 saturated heterocycles. The van der Waals surface area contributed by atoms with Crippen molar-refractivity contribution in [1.82, 2.24) is 19.1 Å². The third kappa shape index (κ3) is 3.95. The lowest BCUT2D eigenvalue weighted by Crippen LogP contribution is -2.39. The largest absolute Gasteiger partial charge is 0.274 e. The average molecular weight is 415 g/mol. The molecule has 29 heavy (non-hydrogen) atoms. The SMILES string of the molecule is Cc1nn(C)cc1S(=O)(=O)N1CCC[C@H](c2cccc(-c3cccc(F)c3)n2)C1. The van der Waals surface area contributed by atoms with Gasteiger partial charge in [-0.05, 0) is 44.0 Å². The summed E-state index contributed by atoms with van der Waals surface area (Å²) in [6, 6.07) is 12.0. The number of hydrogen-bond acceptors (Lipinski definition) is 4. The van der Waals surface area contributed by atoms with E-state index in [0.29, 0.717) is 30.0 Å². The van der Waals surface area contributed by atoms with Crippen molar-refractivity contribution in [2.45, 2.75) is 30.6 Å². The van der Waals surface area contributed by atoms with E-state index in [-0.39, 0.29) is 16.6 Å². The molecule has 0 unspecified atom stereocenters. The first-order valence-corrected chi connectivity index (χ1v) is 11.0. The summed E-state index contributed by atoms with van der Waals surface area (Å²) in [4.78, 5) is 4.97. The summed E-state index contributed by atoms with van der Waals surface area (Å²) >= 11 is 0. The average Bonchev–Trinajstić information content (AvgIpc) is 3.07. The molecule has 1 aromatic carbocycles. The molecular weight excluding hydrogens is 391 g/mol. The van der Waals surface area contributed by atoms with E-state index >= 15 is 0 Å². The van der Waals surface area contributed by atoms with Gasteiger partial charge in [0, 0.05) is 43.5 Å². The van der Waals surface area contributed by atoms with Gasteiger partial charge in [-0.15, -0.1) is 0 Å². The normalized spacial score (nSPS) is 18.1. The molecule has 4 rings (SSSR count). The maximum absolute atomic E-state index is 13.6. The Labute approximate surface area is 170 Å². The van der Waals surface area contributed by atoms with Crippen molar-refractivity contribution in [3.8, 4) is 11.3 Å². The van der Waals surface area contributed by atoms with Gasteiger partial charge in [0.2, 0.25) is 10.0 Å². The highest BCUT2D eigenvalue weighted by Gasteiger charge is 2.33. The van der Waals surface area contributed by atoms with Gasteiger partial charge in [0.15, 0.2) is 0 Å². The van der Waals surface area contributed by atoms with Gasteiger partial charge < -0.3 is 0 Å². The van der Waals surface area contributed by atoms with Crippen LogP contribution in [0.3, 0.4) is 0 Å². The highest BCUT2D eigenvalue weighted by molar-refractivity contribution is 7.89. The Bertz CT molecular complexity index is 1140. The van der Waals surface area contributed by atoms with Crippen LogP contribution in [0.1, 0.15) is 30.1 Å². The van der Waals surface area contributed by atoms with Gasteiger partial charge in [0.1, 0.15) is 10.7 Å². The van der Waals surface area contributed by atoms with Crippen molar-refractivity contribution in [1.29, 1.82) is 0 Å². The van der Waals surface area contributed by atoms with E-state index in [4.69, 9.17) is 4.98 Å². The molecule has 0 bridgehead atoms. The minimum Gasteiger partial charge on any atom is -0.274 e. The first-order chi connectivity index (χ1) is 13.8. The van der Waals surface area contributed by atoms with Crippen molar-refractivity contribution in [2.75, 3.05) is 13.1 Å². The van der Waals surface area contributed by atoms with Gasteiger partial charge in [-0.2, -0.15) is 9.40 Å². The fraction of sp³-hybridized carbons (Fsp3) is 0.333. The Morgan fingerprint density at radius 3 is 2.69 bits per heavy atom. The van der Waals surface area contributed by atoms with Crippen LogP contribution in [-0.4, -0.2) is 40.6 Å². The smallest absolute Gasteiger partial charge is 0.246 e. The summed E-state index contributed by atoms with van der Waals surface area (Å²) in [5, 5.41) is 4.17. The zero-order chi connectivity index (χ0) is 20.6. The van der Waals surface area contributed by atoms with Crippen LogP contribution in [0.5, 0.6) is 0 Å². The second-order valence-electron chi connectivity index (χ2n) is 7.41. The van der Waals surface area contributed by atoms with Crippen LogP contribution in [0, 0.1) is 12.7 Å². The standard InChI is InChI=1S/C21H23FN4O2S/c1-15-21(14-25(2)24-15)29(27,28)26-11-5-7-17(13-26)20-10-4-9-19(23-20)16-6-3-8-18(22)12-16/h3-4,6,8-10,12,14,17H,5,7,11,13H2,1-2H3/t17-/m0/s1. The Balaban J connectivity index is 1.61. The minimum absolute atomic E-state index is 0.0102. The van der Waals surface area contributed by atoms with Gasteiger partial charge in [-0.1, -0.05) is 18.2 Å². The van der Waals surface area contributed by atoms with Gasteiger partial charge in [0.25, 0.3) is 0 Å². The second kappa shape index (κ2) is 7.68. The number of piperidine rings is 1. The molecule has 0 N–H and O–H groups in total. The summed E-state index contributed by atoms with van der Waals surface area (Å²) in [7, 11) is -1.89.